The molecule has 0 bridgehead atoms. The number of ether oxygens (including phenoxy) is 1. The molecule has 1 atom stereocenters. The first-order valence-corrected chi connectivity index (χ1v) is 7.37. The van der Waals surface area contributed by atoms with Crippen molar-refractivity contribution < 1.29 is 14.3 Å². The molecule has 1 aromatic rings. The summed E-state index contributed by atoms with van der Waals surface area (Å²) >= 11 is 0. The minimum atomic E-state index is -0.267. The van der Waals surface area contributed by atoms with Gasteiger partial charge < -0.3 is 20.7 Å². The summed E-state index contributed by atoms with van der Waals surface area (Å²) in [7, 11) is 1.57. The minimum Gasteiger partial charge on any atom is -0.497 e. The number of hydrogen-bond donors (Lipinski definition) is 2. The Balaban J connectivity index is 0.00000264. The predicted octanol–water partition coefficient (Wildman–Crippen LogP) is 1.04. The molecule has 0 spiro atoms. The quantitative estimate of drug-likeness (QED) is 0.838. The van der Waals surface area contributed by atoms with E-state index in [-0.39, 0.29) is 36.2 Å². The smallest absolute Gasteiger partial charge is 0.251 e. The summed E-state index contributed by atoms with van der Waals surface area (Å²) in [6.45, 7) is 4.00. The van der Waals surface area contributed by atoms with E-state index in [2.05, 4.69) is 12.2 Å². The Bertz CT molecular complexity index is 550. The van der Waals surface area contributed by atoms with Gasteiger partial charge in [0.2, 0.25) is 5.91 Å². The van der Waals surface area contributed by atoms with Crippen molar-refractivity contribution in [1.82, 2.24) is 10.2 Å². The maximum absolute atomic E-state index is 12.1. The maximum atomic E-state index is 12.1. The van der Waals surface area contributed by atoms with Gasteiger partial charge in [0.25, 0.3) is 5.91 Å². The Hall–Kier alpha value is -1.79. The van der Waals surface area contributed by atoms with Crippen LogP contribution in [0.2, 0.25) is 0 Å². The molecule has 1 fully saturated rings. The summed E-state index contributed by atoms with van der Waals surface area (Å²) in [5, 5.41) is 2.66. The topological polar surface area (TPSA) is 84.7 Å². The summed E-state index contributed by atoms with van der Waals surface area (Å²) in [5.41, 5.74) is 6.23. The van der Waals surface area contributed by atoms with Crippen molar-refractivity contribution in [3.63, 3.8) is 0 Å². The fourth-order valence-electron chi connectivity index (χ4n) is 2.52. The third kappa shape index (κ3) is 4.84. The number of benzene rings is 1. The van der Waals surface area contributed by atoms with Crippen LogP contribution in [0, 0.1) is 5.41 Å². The molecule has 128 valence electrons. The molecular formula is C16H24ClN3O3. The highest BCUT2D eigenvalue weighted by molar-refractivity contribution is 5.96. The Kier molecular flexibility index (Phi) is 6.84. The molecule has 1 heterocycles. The van der Waals surface area contributed by atoms with Crippen molar-refractivity contribution >= 4 is 24.2 Å². The summed E-state index contributed by atoms with van der Waals surface area (Å²) in [4.78, 5) is 25.9. The van der Waals surface area contributed by atoms with Crippen LogP contribution in [0.5, 0.6) is 5.75 Å². The van der Waals surface area contributed by atoms with Crippen molar-refractivity contribution in [2.45, 2.75) is 13.3 Å². The van der Waals surface area contributed by atoms with Crippen LogP contribution in [0.25, 0.3) is 0 Å². The van der Waals surface area contributed by atoms with Crippen LogP contribution in [0.15, 0.2) is 24.3 Å². The number of methoxy groups -OCH3 is 1. The first-order valence-electron chi connectivity index (χ1n) is 7.37. The van der Waals surface area contributed by atoms with Crippen LogP contribution in [0.4, 0.5) is 0 Å². The van der Waals surface area contributed by atoms with Gasteiger partial charge in [-0.05, 0) is 42.6 Å². The van der Waals surface area contributed by atoms with Crippen LogP contribution in [0.3, 0.4) is 0 Å². The molecule has 2 rings (SSSR count). The van der Waals surface area contributed by atoms with Gasteiger partial charge >= 0.3 is 0 Å². The Morgan fingerprint density at radius 2 is 2.00 bits per heavy atom. The third-order valence-corrected chi connectivity index (χ3v) is 4.16. The fraction of sp³-hybridized carbons (Fsp3) is 0.500. The van der Waals surface area contributed by atoms with E-state index < -0.39 is 0 Å². The number of rotatable bonds is 5. The second-order valence-electron chi connectivity index (χ2n) is 5.99. The minimum absolute atomic E-state index is 0. The zero-order valence-corrected chi connectivity index (χ0v) is 14.3. The normalized spacial score (nSPS) is 19.9. The Labute approximate surface area is 142 Å². The molecule has 6 nitrogen and oxygen atoms in total. The molecule has 1 aromatic carbocycles. The number of amides is 2. The number of carbonyl (C=O) groups excluding carboxylic acids is 2. The van der Waals surface area contributed by atoms with Crippen molar-refractivity contribution in [3.05, 3.63) is 29.8 Å². The largest absolute Gasteiger partial charge is 0.497 e. The number of hydrogen-bond acceptors (Lipinski definition) is 4. The molecule has 0 radical (unpaired) electrons. The summed E-state index contributed by atoms with van der Waals surface area (Å²) in [5.74, 6) is 0.349. The zero-order valence-electron chi connectivity index (χ0n) is 13.5. The van der Waals surface area contributed by atoms with Crippen LogP contribution < -0.4 is 15.8 Å². The fourth-order valence-corrected chi connectivity index (χ4v) is 2.52. The van der Waals surface area contributed by atoms with Gasteiger partial charge in [0.1, 0.15) is 5.75 Å². The van der Waals surface area contributed by atoms with Gasteiger partial charge in [0, 0.05) is 18.7 Å². The van der Waals surface area contributed by atoms with Gasteiger partial charge in [-0.25, -0.2) is 0 Å². The summed E-state index contributed by atoms with van der Waals surface area (Å²) < 4.78 is 5.04. The predicted molar refractivity (Wildman–Crippen MR) is 90.9 cm³/mol. The van der Waals surface area contributed by atoms with Gasteiger partial charge in [-0.1, -0.05) is 6.92 Å². The first kappa shape index (κ1) is 19.3. The van der Waals surface area contributed by atoms with Crippen molar-refractivity contribution in [2.24, 2.45) is 11.1 Å². The van der Waals surface area contributed by atoms with E-state index in [4.69, 9.17) is 10.5 Å². The lowest BCUT2D eigenvalue weighted by Gasteiger charge is -2.22. The van der Waals surface area contributed by atoms with Gasteiger partial charge in [-0.3, -0.25) is 9.59 Å². The zero-order chi connectivity index (χ0) is 16.2. The van der Waals surface area contributed by atoms with E-state index >= 15 is 0 Å². The van der Waals surface area contributed by atoms with Gasteiger partial charge in [0.05, 0.1) is 13.7 Å². The maximum Gasteiger partial charge on any atom is 0.251 e. The highest BCUT2D eigenvalue weighted by Crippen LogP contribution is 2.28. The average Bonchev–Trinajstić information content (AvgIpc) is 2.95. The lowest BCUT2D eigenvalue weighted by Crippen LogP contribution is -2.40. The monoisotopic (exact) mass is 341 g/mol. The Morgan fingerprint density at radius 1 is 1.35 bits per heavy atom. The number of carbonyl (C=O) groups is 2. The van der Waals surface area contributed by atoms with Gasteiger partial charge in [0.15, 0.2) is 0 Å². The molecule has 1 saturated heterocycles. The van der Waals surface area contributed by atoms with E-state index in [0.29, 0.717) is 30.9 Å². The third-order valence-electron chi connectivity index (χ3n) is 4.16. The highest BCUT2D eigenvalue weighted by Gasteiger charge is 2.34. The molecule has 2 amide bonds. The molecule has 0 aromatic heterocycles. The van der Waals surface area contributed by atoms with E-state index in [1.807, 2.05) is 0 Å². The van der Waals surface area contributed by atoms with E-state index in [0.717, 1.165) is 6.42 Å². The molecule has 3 N–H and O–H groups in total. The summed E-state index contributed by atoms with van der Waals surface area (Å²) in [6, 6.07) is 6.76. The molecule has 23 heavy (non-hydrogen) atoms. The second-order valence-corrected chi connectivity index (χ2v) is 5.99. The van der Waals surface area contributed by atoms with E-state index in [1.54, 1.807) is 36.3 Å². The molecule has 0 aliphatic carbocycles. The van der Waals surface area contributed by atoms with E-state index in [1.165, 1.54) is 0 Å². The van der Waals surface area contributed by atoms with Crippen molar-refractivity contribution in [1.29, 1.82) is 0 Å². The van der Waals surface area contributed by atoms with E-state index in [9.17, 15) is 9.59 Å². The van der Waals surface area contributed by atoms with Crippen molar-refractivity contribution in [2.75, 3.05) is 33.3 Å². The second kappa shape index (κ2) is 8.17. The highest BCUT2D eigenvalue weighted by atomic mass is 35.5. The van der Waals surface area contributed by atoms with Crippen LogP contribution >= 0.6 is 12.4 Å². The molecule has 0 saturated carbocycles. The number of halogens is 1. The van der Waals surface area contributed by atoms with Crippen LogP contribution in [-0.2, 0) is 4.79 Å². The first-order chi connectivity index (χ1) is 10.5. The molecule has 1 aliphatic rings. The number of likely N-dealkylation sites (tertiary alicyclic amines) is 1. The van der Waals surface area contributed by atoms with Crippen LogP contribution in [-0.4, -0.2) is 50.0 Å². The molecular weight excluding hydrogens is 318 g/mol. The van der Waals surface area contributed by atoms with Gasteiger partial charge in [-0.2, -0.15) is 0 Å². The SMILES string of the molecule is COc1ccc(C(=O)NCC(=O)N2CCC(C)(CN)C2)cc1.Cl. The van der Waals surface area contributed by atoms with Crippen molar-refractivity contribution in [3.8, 4) is 5.75 Å². The molecule has 1 aliphatic heterocycles. The lowest BCUT2D eigenvalue weighted by molar-refractivity contribution is -0.129. The number of nitrogens with two attached hydrogens (primary N) is 1. The molecule has 7 heteroatoms. The molecule has 1 unspecified atom stereocenters. The summed E-state index contributed by atoms with van der Waals surface area (Å²) in [6.07, 6.45) is 0.904. The standard InChI is InChI=1S/C16H23N3O3.ClH/c1-16(10-17)7-8-19(11-16)14(20)9-18-15(21)12-3-5-13(22-2)6-4-12;/h3-6H,7-11,17H2,1-2H3,(H,18,21);1H. The van der Waals surface area contributed by atoms with Gasteiger partial charge in [-0.15, -0.1) is 12.4 Å². The van der Waals surface area contributed by atoms with Crippen LogP contribution in [0.1, 0.15) is 23.7 Å². The number of nitrogens with one attached hydrogen (secondary N) is 1. The average molecular weight is 342 g/mol. The lowest BCUT2D eigenvalue weighted by atomic mass is 9.90. The number of nitrogens with zero attached hydrogens (tertiary/aromatic N) is 1. The Morgan fingerprint density at radius 3 is 2.52 bits per heavy atom.